The van der Waals surface area contributed by atoms with Gasteiger partial charge in [-0.3, -0.25) is 4.79 Å². The largest absolute Gasteiger partial charge is 0.463 e. The third kappa shape index (κ3) is 8.54. The maximum Gasteiger partial charge on any atom is 0.306 e. The molecule has 0 amide bonds. The molecule has 1 aliphatic heterocycles. The van der Waals surface area contributed by atoms with E-state index in [1.165, 1.54) is 64.2 Å². The Balaban J connectivity index is 2.21. The molecule has 0 unspecified atom stereocenters. The normalized spacial score (nSPS) is 26.5. The standard InChI is InChI=1S/C16H30O2/c1-15-13-11-9-7-5-3-2-4-6-8-10-12-14-16(17)18-15/h15H,2-14H2,1H3/t15-/m1/s1. The van der Waals surface area contributed by atoms with Crippen LogP contribution in [0.4, 0.5) is 0 Å². The first kappa shape index (κ1) is 15.5. The molecule has 0 N–H and O–H groups in total. The number of cyclic esters (lactones) is 1. The molecule has 0 spiro atoms. The first-order valence-electron chi connectivity index (χ1n) is 7.98. The fourth-order valence-electron chi connectivity index (χ4n) is 2.63. The molecule has 2 nitrogen and oxygen atoms in total. The fraction of sp³-hybridized carbons (Fsp3) is 0.938. The van der Waals surface area contributed by atoms with Gasteiger partial charge in [-0.15, -0.1) is 0 Å². The van der Waals surface area contributed by atoms with Crippen molar-refractivity contribution in [3.8, 4) is 0 Å². The second kappa shape index (κ2) is 10.4. The number of hydrogen-bond acceptors (Lipinski definition) is 2. The van der Waals surface area contributed by atoms with Crippen LogP contribution in [0.2, 0.25) is 0 Å². The highest BCUT2D eigenvalue weighted by molar-refractivity contribution is 5.69. The lowest BCUT2D eigenvalue weighted by atomic mass is 10.0. The van der Waals surface area contributed by atoms with Gasteiger partial charge in [0.1, 0.15) is 0 Å². The molecule has 106 valence electrons. The molecular formula is C16H30O2. The van der Waals surface area contributed by atoms with Crippen LogP contribution in [0.1, 0.15) is 90.4 Å². The molecule has 2 heteroatoms. The second-order valence-corrected chi connectivity index (χ2v) is 5.73. The lowest BCUT2D eigenvalue weighted by Crippen LogP contribution is -2.14. The predicted octanol–water partition coefficient (Wildman–Crippen LogP) is 5.00. The molecule has 0 aliphatic carbocycles. The molecule has 1 heterocycles. The van der Waals surface area contributed by atoms with E-state index in [1.807, 2.05) is 6.92 Å². The molecule has 0 saturated carbocycles. The van der Waals surface area contributed by atoms with Gasteiger partial charge >= 0.3 is 5.97 Å². The Hall–Kier alpha value is -0.530. The molecule has 0 radical (unpaired) electrons. The molecule has 18 heavy (non-hydrogen) atoms. The topological polar surface area (TPSA) is 26.3 Å². The number of carbonyl (C=O) groups excluding carboxylic acids is 1. The Labute approximate surface area is 112 Å². The lowest BCUT2D eigenvalue weighted by molar-refractivity contribution is -0.148. The monoisotopic (exact) mass is 254 g/mol. The van der Waals surface area contributed by atoms with E-state index < -0.39 is 0 Å². The Morgan fingerprint density at radius 2 is 1.22 bits per heavy atom. The number of hydrogen-bond donors (Lipinski definition) is 0. The molecule has 1 atom stereocenters. The van der Waals surface area contributed by atoms with Gasteiger partial charge in [-0.1, -0.05) is 57.8 Å². The minimum Gasteiger partial charge on any atom is -0.463 e. The zero-order chi connectivity index (χ0) is 13.1. The van der Waals surface area contributed by atoms with Crippen LogP contribution in [0, 0.1) is 0 Å². The summed E-state index contributed by atoms with van der Waals surface area (Å²) in [7, 11) is 0. The smallest absolute Gasteiger partial charge is 0.306 e. The van der Waals surface area contributed by atoms with Crippen LogP contribution in [0.3, 0.4) is 0 Å². The molecular weight excluding hydrogens is 224 g/mol. The van der Waals surface area contributed by atoms with E-state index in [-0.39, 0.29) is 12.1 Å². The van der Waals surface area contributed by atoms with Crippen molar-refractivity contribution in [3.05, 3.63) is 0 Å². The van der Waals surface area contributed by atoms with E-state index >= 15 is 0 Å². The molecule has 1 saturated heterocycles. The van der Waals surface area contributed by atoms with Crippen molar-refractivity contribution in [1.29, 1.82) is 0 Å². The highest BCUT2D eigenvalue weighted by Crippen LogP contribution is 2.15. The highest BCUT2D eigenvalue weighted by atomic mass is 16.5. The summed E-state index contributed by atoms with van der Waals surface area (Å²) in [6, 6.07) is 0. The summed E-state index contributed by atoms with van der Waals surface area (Å²) >= 11 is 0. The molecule has 0 bridgehead atoms. The van der Waals surface area contributed by atoms with Crippen molar-refractivity contribution in [2.45, 2.75) is 96.5 Å². The number of ether oxygens (including phenoxy) is 1. The van der Waals surface area contributed by atoms with Crippen molar-refractivity contribution >= 4 is 5.97 Å². The zero-order valence-corrected chi connectivity index (χ0v) is 12.1. The maximum absolute atomic E-state index is 11.6. The summed E-state index contributed by atoms with van der Waals surface area (Å²) in [5.74, 6) is 0.00888. The minimum atomic E-state index is 0.00888. The quantitative estimate of drug-likeness (QED) is 0.568. The van der Waals surface area contributed by atoms with Crippen LogP contribution >= 0.6 is 0 Å². The van der Waals surface area contributed by atoms with E-state index in [9.17, 15) is 4.79 Å². The van der Waals surface area contributed by atoms with Crippen LogP contribution in [-0.2, 0) is 9.53 Å². The van der Waals surface area contributed by atoms with Crippen molar-refractivity contribution in [2.24, 2.45) is 0 Å². The van der Waals surface area contributed by atoms with Crippen LogP contribution in [0.15, 0.2) is 0 Å². The predicted molar refractivity (Wildman–Crippen MR) is 75.6 cm³/mol. The van der Waals surface area contributed by atoms with Gasteiger partial charge in [0, 0.05) is 6.42 Å². The van der Waals surface area contributed by atoms with Crippen molar-refractivity contribution < 1.29 is 9.53 Å². The van der Waals surface area contributed by atoms with E-state index in [2.05, 4.69) is 0 Å². The van der Waals surface area contributed by atoms with Crippen LogP contribution in [-0.4, -0.2) is 12.1 Å². The summed E-state index contributed by atoms with van der Waals surface area (Å²) in [6.45, 7) is 2.03. The number of esters is 1. The maximum atomic E-state index is 11.6. The van der Waals surface area contributed by atoms with Gasteiger partial charge in [0.05, 0.1) is 6.10 Å². The van der Waals surface area contributed by atoms with Crippen molar-refractivity contribution in [2.75, 3.05) is 0 Å². The molecule has 0 aromatic heterocycles. The average Bonchev–Trinajstić information content (AvgIpc) is 2.33. The van der Waals surface area contributed by atoms with Gasteiger partial charge in [0.2, 0.25) is 0 Å². The number of rotatable bonds is 0. The molecule has 1 fully saturated rings. The third-order valence-corrected chi connectivity index (χ3v) is 3.82. The Morgan fingerprint density at radius 1 is 0.778 bits per heavy atom. The van der Waals surface area contributed by atoms with Crippen LogP contribution < -0.4 is 0 Å². The summed E-state index contributed by atoms with van der Waals surface area (Å²) in [6.07, 6.45) is 16.0. The van der Waals surface area contributed by atoms with Gasteiger partial charge in [-0.2, -0.15) is 0 Å². The van der Waals surface area contributed by atoms with E-state index in [1.54, 1.807) is 0 Å². The second-order valence-electron chi connectivity index (χ2n) is 5.73. The van der Waals surface area contributed by atoms with Crippen molar-refractivity contribution in [3.63, 3.8) is 0 Å². The molecule has 0 aromatic carbocycles. The first-order chi connectivity index (χ1) is 8.79. The summed E-state index contributed by atoms with van der Waals surface area (Å²) in [5.41, 5.74) is 0. The highest BCUT2D eigenvalue weighted by Gasteiger charge is 2.09. The summed E-state index contributed by atoms with van der Waals surface area (Å²) in [4.78, 5) is 11.6. The Morgan fingerprint density at radius 3 is 1.78 bits per heavy atom. The molecule has 1 rings (SSSR count). The van der Waals surface area contributed by atoms with E-state index in [4.69, 9.17) is 4.74 Å². The molecule has 1 aliphatic rings. The fourth-order valence-corrected chi connectivity index (χ4v) is 2.63. The summed E-state index contributed by atoms with van der Waals surface area (Å²) < 4.78 is 5.41. The Bertz CT molecular complexity index is 213. The number of carbonyl (C=O) groups is 1. The third-order valence-electron chi connectivity index (χ3n) is 3.82. The van der Waals surface area contributed by atoms with E-state index in [0.717, 1.165) is 12.8 Å². The van der Waals surface area contributed by atoms with Gasteiger partial charge in [-0.05, 0) is 26.2 Å². The van der Waals surface area contributed by atoms with E-state index in [0.29, 0.717) is 6.42 Å². The lowest BCUT2D eigenvalue weighted by Gasteiger charge is -2.13. The zero-order valence-electron chi connectivity index (χ0n) is 12.1. The van der Waals surface area contributed by atoms with Gasteiger partial charge in [0.15, 0.2) is 0 Å². The SMILES string of the molecule is C[C@@H]1CCCCCCCCCCCCCC(=O)O1. The Kier molecular flexibility index (Phi) is 8.97. The van der Waals surface area contributed by atoms with Crippen LogP contribution in [0.25, 0.3) is 0 Å². The average molecular weight is 254 g/mol. The van der Waals surface area contributed by atoms with Gasteiger partial charge in [0.25, 0.3) is 0 Å². The first-order valence-corrected chi connectivity index (χ1v) is 7.98. The van der Waals surface area contributed by atoms with Crippen LogP contribution in [0.5, 0.6) is 0 Å². The minimum absolute atomic E-state index is 0.00888. The molecule has 0 aromatic rings. The van der Waals surface area contributed by atoms with Gasteiger partial charge < -0.3 is 4.74 Å². The summed E-state index contributed by atoms with van der Waals surface area (Å²) in [5, 5.41) is 0. The van der Waals surface area contributed by atoms with Crippen molar-refractivity contribution in [1.82, 2.24) is 0 Å². The van der Waals surface area contributed by atoms with Gasteiger partial charge in [-0.25, -0.2) is 0 Å².